The minimum atomic E-state index is -1.43. The Bertz CT molecular complexity index is 512. The van der Waals surface area contributed by atoms with E-state index in [1.165, 1.54) is 0 Å². The molecule has 0 aliphatic rings. The molecule has 1 unspecified atom stereocenters. The molecule has 1 aromatic carbocycles. The number of aliphatic carboxylic acids is 1. The fraction of sp³-hybridized carbons (Fsp3) is 0.214. The fourth-order valence-electron chi connectivity index (χ4n) is 1.61. The molecule has 6 nitrogen and oxygen atoms in total. The maximum atomic E-state index is 11.6. The first-order valence-electron chi connectivity index (χ1n) is 5.86. The number of carbonyl (C=O) groups excluding carboxylic acids is 2. The van der Waals surface area contributed by atoms with Crippen molar-refractivity contribution in [3.63, 3.8) is 0 Å². The number of nitrogens with two attached hydrogens (primary N) is 1. The summed E-state index contributed by atoms with van der Waals surface area (Å²) in [5.74, 6) is -4.46. The average molecular weight is 277 g/mol. The van der Waals surface area contributed by atoms with E-state index in [1.54, 1.807) is 30.3 Å². The van der Waals surface area contributed by atoms with Crippen LogP contribution in [0.2, 0.25) is 0 Å². The van der Waals surface area contributed by atoms with Gasteiger partial charge in [-0.3, -0.25) is 4.79 Å². The van der Waals surface area contributed by atoms with Crippen molar-refractivity contribution in [3.8, 4) is 0 Å². The number of carbonyl (C=O) groups is 3. The standard InChI is InChI=1S/C14H15NO5/c1-2-11(16)20-14(19)12(15)10(13(17)18)8-9-6-4-3-5-7-9/h2-7,10,12H,1,8,15H2,(H,17,18)/t10?,12-/m0/s1. The number of rotatable bonds is 6. The van der Waals surface area contributed by atoms with Gasteiger partial charge in [-0.25, -0.2) is 9.59 Å². The summed E-state index contributed by atoms with van der Waals surface area (Å²) >= 11 is 0. The third-order valence-electron chi connectivity index (χ3n) is 2.69. The van der Waals surface area contributed by atoms with Crippen molar-refractivity contribution < 1.29 is 24.2 Å². The summed E-state index contributed by atoms with van der Waals surface area (Å²) in [5, 5.41) is 9.15. The Labute approximate surface area is 115 Å². The van der Waals surface area contributed by atoms with Gasteiger partial charge in [0.25, 0.3) is 0 Å². The van der Waals surface area contributed by atoms with Crippen molar-refractivity contribution in [2.45, 2.75) is 12.5 Å². The number of carboxylic acids is 1. The van der Waals surface area contributed by atoms with Gasteiger partial charge in [0, 0.05) is 6.08 Å². The van der Waals surface area contributed by atoms with Crippen LogP contribution in [0.15, 0.2) is 43.0 Å². The summed E-state index contributed by atoms with van der Waals surface area (Å²) in [4.78, 5) is 33.7. The Morgan fingerprint density at radius 2 is 1.90 bits per heavy atom. The number of hydrogen-bond donors (Lipinski definition) is 2. The fourth-order valence-corrected chi connectivity index (χ4v) is 1.61. The smallest absolute Gasteiger partial charge is 0.337 e. The summed E-state index contributed by atoms with van der Waals surface area (Å²) in [6.45, 7) is 3.14. The molecule has 2 atom stereocenters. The monoisotopic (exact) mass is 277 g/mol. The van der Waals surface area contributed by atoms with Gasteiger partial charge in [-0.15, -0.1) is 0 Å². The molecular formula is C14H15NO5. The molecule has 0 heterocycles. The van der Waals surface area contributed by atoms with Crippen LogP contribution < -0.4 is 5.73 Å². The van der Waals surface area contributed by atoms with Gasteiger partial charge >= 0.3 is 17.9 Å². The lowest BCUT2D eigenvalue weighted by atomic mass is 9.93. The zero-order valence-electron chi connectivity index (χ0n) is 10.7. The number of esters is 2. The van der Waals surface area contributed by atoms with Crippen LogP contribution in [0, 0.1) is 5.92 Å². The first kappa shape index (κ1) is 15.6. The lowest BCUT2D eigenvalue weighted by Crippen LogP contribution is -2.44. The third-order valence-corrected chi connectivity index (χ3v) is 2.69. The van der Waals surface area contributed by atoms with Crippen molar-refractivity contribution in [2.75, 3.05) is 0 Å². The second kappa shape index (κ2) is 7.20. The highest BCUT2D eigenvalue weighted by Gasteiger charge is 2.32. The first-order chi connectivity index (χ1) is 9.45. The minimum Gasteiger partial charge on any atom is -0.481 e. The lowest BCUT2D eigenvalue weighted by molar-refractivity contribution is -0.161. The molecule has 0 aromatic heterocycles. The molecule has 0 bridgehead atoms. The number of benzene rings is 1. The summed E-state index contributed by atoms with van der Waals surface area (Å²) < 4.78 is 4.35. The zero-order valence-corrected chi connectivity index (χ0v) is 10.7. The van der Waals surface area contributed by atoms with E-state index in [0.717, 1.165) is 11.6 Å². The maximum absolute atomic E-state index is 11.6. The molecular weight excluding hydrogens is 262 g/mol. The molecule has 0 saturated carbocycles. The topological polar surface area (TPSA) is 107 Å². The lowest BCUT2D eigenvalue weighted by Gasteiger charge is -2.18. The van der Waals surface area contributed by atoms with Crippen LogP contribution in [-0.2, 0) is 25.5 Å². The molecule has 3 N–H and O–H groups in total. The molecule has 0 saturated heterocycles. The van der Waals surface area contributed by atoms with Gasteiger partial charge in [-0.05, 0) is 12.0 Å². The second-order valence-corrected chi connectivity index (χ2v) is 4.10. The van der Waals surface area contributed by atoms with E-state index < -0.39 is 29.9 Å². The normalized spacial score (nSPS) is 13.1. The van der Waals surface area contributed by atoms with Crippen LogP contribution in [0.25, 0.3) is 0 Å². The van der Waals surface area contributed by atoms with Crippen LogP contribution >= 0.6 is 0 Å². The summed E-state index contributed by atoms with van der Waals surface area (Å²) in [6.07, 6.45) is 0.867. The molecule has 0 fully saturated rings. The van der Waals surface area contributed by atoms with Crippen molar-refractivity contribution in [1.82, 2.24) is 0 Å². The highest BCUT2D eigenvalue weighted by Crippen LogP contribution is 2.13. The average Bonchev–Trinajstić information content (AvgIpc) is 2.44. The van der Waals surface area contributed by atoms with E-state index in [9.17, 15) is 14.4 Å². The van der Waals surface area contributed by atoms with Gasteiger partial charge in [0.05, 0.1) is 5.92 Å². The Hall–Kier alpha value is -2.47. The molecule has 0 radical (unpaired) electrons. The van der Waals surface area contributed by atoms with Gasteiger partial charge in [0.1, 0.15) is 6.04 Å². The molecule has 0 amide bonds. The summed E-state index contributed by atoms with van der Waals surface area (Å²) in [5.41, 5.74) is 6.29. The second-order valence-electron chi connectivity index (χ2n) is 4.10. The van der Waals surface area contributed by atoms with Crippen molar-refractivity contribution >= 4 is 17.9 Å². The van der Waals surface area contributed by atoms with Gasteiger partial charge in [-0.2, -0.15) is 0 Å². The van der Waals surface area contributed by atoms with Gasteiger partial charge in [0.15, 0.2) is 0 Å². The predicted molar refractivity (Wildman–Crippen MR) is 70.5 cm³/mol. The molecule has 0 spiro atoms. The first-order valence-corrected chi connectivity index (χ1v) is 5.86. The number of hydrogen-bond acceptors (Lipinski definition) is 5. The Morgan fingerprint density at radius 3 is 2.40 bits per heavy atom. The SMILES string of the molecule is C=CC(=O)OC(=O)[C@@H](N)C(Cc1ccccc1)C(=O)O. The maximum Gasteiger partial charge on any atom is 0.337 e. The molecule has 20 heavy (non-hydrogen) atoms. The van der Waals surface area contributed by atoms with Crippen LogP contribution in [0.1, 0.15) is 5.56 Å². The Kier molecular flexibility index (Phi) is 5.61. The van der Waals surface area contributed by atoms with Crippen molar-refractivity contribution in [2.24, 2.45) is 11.7 Å². The van der Waals surface area contributed by atoms with E-state index in [2.05, 4.69) is 11.3 Å². The summed E-state index contributed by atoms with van der Waals surface area (Å²) in [7, 11) is 0. The predicted octanol–water partition coefficient (Wildman–Crippen LogP) is 0.513. The van der Waals surface area contributed by atoms with Crippen LogP contribution in [0.3, 0.4) is 0 Å². The molecule has 0 aliphatic carbocycles. The quantitative estimate of drug-likeness (QED) is 0.446. The zero-order chi connectivity index (χ0) is 15.1. The molecule has 1 rings (SSSR count). The molecule has 0 aliphatic heterocycles. The minimum absolute atomic E-state index is 0.0642. The largest absolute Gasteiger partial charge is 0.481 e. The van der Waals surface area contributed by atoms with Crippen molar-refractivity contribution in [3.05, 3.63) is 48.6 Å². The van der Waals surface area contributed by atoms with Crippen LogP contribution in [0.5, 0.6) is 0 Å². The van der Waals surface area contributed by atoms with E-state index in [1.807, 2.05) is 0 Å². The van der Waals surface area contributed by atoms with Crippen LogP contribution in [0.4, 0.5) is 0 Å². The third kappa shape index (κ3) is 4.33. The van der Waals surface area contributed by atoms with E-state index in [0.29, 0.717) is 0 Å². The van der Waals surface area contributed by atoms with E-state index >= 15 is 0 Å². The number of carboxylic acid groups (broad SMARTS) is 1. The highest BCUT2D eigenvalue weighted by molar-refractivity contribution is 5.95. The Morgan fingerprint density at radius 1 is 1.30 bits per heavy atom. The Balaban J connectivity index is 2.80. The van der Waals surface area contributed by atoms with Crippen LogP contribution in [-0.4, -0.2) is 29.1 Å². The number of ether oxygens (including phenoxy) is 1. The molecule has 6 heteroatoms. The van der Waals surface area contributed by atoms with Gasteiger partial charge in [-0.1, -0.05) is 36.9 Å². The van der Waals surface area contributed by atoms with E-state index in [-0.39, 0.29) is 6.42 Å². The van der Waals surface area contributed by atoms with Crippen molar-refractivity contribution in [1.29, 1.82) is 0 Å². The van der Waals surface area contributed by atoms with E-state index in [4.69, 9.17) is 10.8 Å². The highest BCUT2D eigenvalue weighted by atomic mass is 16.6. The molecule has 1 aromatic rings. The van der Waals surface area contributed by atoms with Gasteiger partial charge < -0.3 is 15.6 Å². The molecule has 106 valence electrons. The summed E-state index contributed by atoms with van der Waals surface area (Å²) in [6, 6.07) is 7.30. The van der Waals surface area contributed by atoms with Gasteiger partial charge in [0.2, 0.25) is 0 Å².